The van der Waals surface area contributed by atoms with E-state index in [1.54, 1.807) is 13.3 Å². The van der Waals surface area contributed by atoms with E-state index in [1.807, 2.05) is 11.9 Å². The van der Waals surface area contributed by atoms with E-state index >= 15 is 0 Å². The number of aromatic nitrogens is 2. The fourth-order valence-corrected chi connectivity index (χ4v) is 2.09. The molecule has 0 radical (unpaired) electrons. The molecule has 0 spiro atoms. The van der Waals surface area contributed by atoms with Crippen molar-refractivity contribution in [3.8, 4) is 0 Å². The van der Waals surface area contributed by atoms with Crippen molar-refractivity contribution in [1.29, 1.82) is 0 Å². The van der Waals surface area contributed by atoms with Crippen LogP contribution in [0.25, 0.3) is 0 Å². The van der Waals surface area contributed by atoms with Gasteiger partial charge in [-0.3, -0.25) is 0 Å². The Morgan fingerprint density at radius 2 is 2.32 bits per heavy atom. The molecule has 1 aromatic heterocycles. The molecule has 1 heterocycles. The second-order valence-corrected chi connectivity index (χ2v) is 5.14. The molecule has 1 rings (SSSR count). The number of aliphatic hydroxyl groups is 1. The lowest BCUT2D eigenvalue weighted by atomic mass is 10.3. The Hall–Kier alpha value is -0.920. The summed E-state index contributed by atoms with van der Waals surface area (Å²) < 4.78 is 5.71. The highest BCUT2D eigenvalue weighted by Gasteiger charge is 2.13. The second-order valence-electron chi connectivity index (χ2n) is 4.28. The van der Waals surface area contributed by atoms with Crippen molar-refractivity contribution in [2.45, 2.75) is 19.4 Å². The molecule has 2 N–H and O–H groups in total. The van der Waals surface area contributed by atoms with Gasteiger partial charge in [0.2, 0.25) is 5.95 Å². The molecule has 0 aliphatic rings. The summed E-state index contributed by atoms with van der Waals surface area (Å²) in [6, 6.07) is 0. The van der Waals surface area contributed by atoms with E-state index in [-0.39, 0.29) is 0 Å². The van der Waals surface area contributed by atoms with Crippen molar-refractivity contribution in [1.82, 2.24) is 9.97 Å². The van der Waals surface area contributed by atoms with Gasteiger partial charge in [0.25, 0.3) is 0 Å². The van der Waals surface area contributed by atoms with Gasteiger partial charge in [0.15, 0.2) is 0 Å². The number of halogens is 1. The predicted molar refractivity (Wildman–Crippen MR) is 79.7 cm³/mol. The quantitative estimate of drug-likeness (QED) is 0.751. The van der Waals surface area contributed by atoms with Crippen molar-refractivity contribution in [2.75, 3.05) is 44.1 Å². The van der Waals surface area contributed by atoms with Crippen molar-refractivity contribution in [3.63, 3.8) is 0 Å². The molecule has 1 atom stereocenters. The van der Waals surface area contributed by atoms with E-state index in [1.165, 1.54) is 0 Å². The van der Waals surface area contributed by atoms with Crippen LogP contribution >= 0.6 is 15.9 Å². The number of likely N-dealkylation sites (N-methyl/N-ethyl adjacent to an activating group) is 1. The number of hydrogen-bond donors (Lipinski definition) is 2. The average Bonchev–Trinajstić information content (AvgIpc) is 2.37. The Morgan fingerprint density at radius 3 is 2.95 bits per heavy atom. The first-order valence-electron chi connectivity index (χ1n) is 6.23. The number of rotatable bonds is 8. The molecular formula is C12H21BrN4O2. The fourth-order valence-electron chi connectivity index (χ4n) is 1.60. The summed E-state index contributed by atoms with van der Waals surface area (Å²) in [6.45, 7) is 3.65. The number of anilines is 2. The molecule has 0 saturated carbocycles. The van der Waals surface area contributed by atoms with E-state index in [0.717, 1.165) is 23.3 Å². The first-order valence-corrected chi connectivity index (χ1v) is 7.02. The summed E-state index contributed by atoms with van der Waals surface area (Å²) in [4.78, 5) is 10.5. The van der Waals surface area contributed by atoms with E-state index < -0.39 is 6.10 Å². The molecule has 0 bridgehead atoms. The minimum atomic E-state index is -0.552. The fraction of sp³-hybridized carbons (Fsp3) is 0.667. The van der Waals surface area contributed by atoms with Crippen LogP contribution in [0.2, 0.25) is 0 Å². The number of methoxy groups -OCH3 is 1. The van der Waals surface area contributed by atoms with Crippen LogP contribution in [0, 0.1) is 0 Å². The zero-order chi connectivity index (χ0) is 14.3. The smallest absolute Gasteiger partial charge is 0.224 e. The lowest BCUT2D eigenvalue weighted by molar-refractivity contribution is 0.0694. The maximum atomic E-state index is 9.74. The molecule has 108 valence electrons. The maximum Gasteiger partial charge on any atom is 0.224 e. The second kappa shape index (κ2) is 8.29. The Labute approximate surface area is 122 Å². The number of aliphatic hydroxyl groups excluding tert-OH is 1. The first-order chi connectivity index (χ1) is 9.08. The number of hydrogen-bond acceptors (Lipinski definition) is 6. The highest BCUT2D eigenvalue weighted by molar-refractivity contribution is 9.10. The predicted octanol–water partition coefficient (Wildman–Crippen LogP) is 1.50. The van der Waals surface area contributed by atoms with E-state index in [0.29, 0.717) is 19.1 Å². The normalized spacial score (nSPS) is 12.3. The topological polar surface area (TPSA) is 70.5 Å². The van der Waals surface area contributed by atoms with Gasteiger partial charge in [-0.05, 0) is 22.4 Å². The third kappa shape index (κ3) is 5.30. The lowest BCUT2D eigenvalue weighted by Gasteiger charge is -2.22. The highest BCUT2D eigenvalue weighted by atomic mass is 79.9. The van der Waals surface area contributed by atoms with Gasteiger partial charge >= 0.3 is 0 Å². The molecule has 1 aromatic rings. The standard InChI is InChI=1S/C12H21BrN4O2/c1-4-5-14-12-15-6-10(13)11(16-12)17(2)7-9(18)8-19-3/h6,9,18H,4-5,7-8H2,1-3H3,(H,14,15,16). The van der Waals surface area contributed by atoms with Gasteiger partial charge in [-0.1, -0.05) is 6.92 Å². The Kier molecular flexibility index (Phi) is 7.04. The summed E-state index contributed by atoms with van der Waals surface area (Å²) in [6.07, 6.45) is 2.17. The third-order valence-corrected chi connectivity index (χ3v) is 3.02. The first kappa shape index (κ1) is 16.1. The zero-order valence-corrected chi connectivity index (χ0v) is 13.1. The molecule has 0 aliphatic heterocycles. The number of ether oxygens (including phenoxy) is 1. The van der Waals surface area contributed by atoms with Crippen molar-refractivity contribution >= 4 is 27.7 Å². The Balaban J connectivity index is 2.74. The van der Waals surface area contributed by atoms with Crippen LogP contribution in [0.4, 0.5) is 11.8 Å². The molecule has 19 heavy (non-hydrogen) atoms. The van der Waals surface area contributed by atoms with Crippen molar-refractivity contribution < 1.29 is 9.84 Å². The molecule has 0 aliphatic carbocycles. The highest BCUT2D eigenvalue weighted by Crippen LogP contribution is 2.23. The van der Waals surface area contributed by atoms with Crippen LogP contribution in [0.1, 0.15) is 13.3 Å². The summed E-state index contributed by atoms with van der Waals surface area (Å²) >= 11 is 3.42. The van der Waals surface area contributed by atoms with Crippen molar-refractivity contribution in [3.05, 3.63) is 10.7 Å². The van der Waals surface area contributed by atoms with Crippen molar-refractivity contribution in [2.24, 2.45) is 0 Å². The van der Waals surface area contributed by atoms with Crippen LogP contribution in [0.15, 0.2) is 10.7 Å². The van der Waals surface area contributed by atoms with E-state index in [4.69, 9.17) is 4.74 Å². The Bertz CT molecular complexity index is 392. The number of nitrogens with zero attached hydrogens (tertiary/aromatic N) is 3. The SMILES string of the molecule is CCCNc1ncc(Br)c(N(C)CC(O)COC)n1. The minimum Gasteiger partial charge on any atom is -0.389 e. The third-order valence-electron chi connectivity index (χ3n) is 2.46. The van der Waals surface area contributed by atoms with Gasteiger partial charge in [0.05, 0.1) is 17.2 Å². The van der Waals surface area contributed by atoms with Gasteiger partial charge in [0.1, 0.15) is 5.82 Å². The van der Waals surface area contributed by atoms with E-state index in [2.05, 4.69) is 38.1 Å². The van der Waals surface area contributed by atoms with Crippen LogP contribution < -0.4 is 10.2 Å². The molecule has 6 nitrogen and oxygen atoms in total. The zero-order valence-electron chi connectivity index (χ0n) is 11.6. The lowest BCUT2D eigenvalue weighted by Crippen LogP contribution is -2.32. The van der Waals surface area contributed by atoms with E-state index in [9.17, 15) is 5.11 Å². The average molecular weight is 333 g/mol. The summed E-state index contributed by atoms with van der Waals surface area (Å²) in [5.74, 6) is 1.33. The molecule has 0 saturated heterocycles. The van der Waals surface area contributed by atoms with Gasteiger partial charge in [-0.2, -0.15) is 4.98 Å². The van der Waals surface area contributed by atoms with Gasteiger partial charge < -0.3 is 20.1 Å². The van der Waals surface area contributed by atoms with Gasteiger partial charge in [0, 0.05) is 33.4 Å². The molecule has 1 unspecified atom stereocenters. The molecule has 0 amide bonds. The molecular weight excluding hydrogens is 312 g/mol. The number of nitrogens with one attached hydrogen (secondary N) is 1. The summed E-state index contributed by atoms with van der Waals surface area (Å²) in [7, 11) is 3.44. The minimum absolute atomic E-state index is 0.300. The van der Waals surface area contributed by atoms with Gasteiger partial charge in [-0.15, -0.1) is 0 Å². The summed E-state index contributed by atoms with van der Waals surface area (Å²) in [5, 5.41) is 12.9. The van der Waals surface area contributed by atoms with Crippen LogP contribution in [0.3, 0.4) is 0 Å². The maximum absolute atomic E-state index is 9.74. The van der Waals surface area contributed by atoms with Gasteiger partial charge in [-0.25, -0.2) is 4.98 Å². The monoisotopic (exact) mass is 332 g/mol. The van der Waals surface area contributed by atoms with Crippen LogP contribution in [0.5, 0.6) is 0 Å². The van der Waals surface area contributed by atoms with Crippen LogP contribution in [-0.4, -0.2) is 55.0 Å². The largest absolute Gasteiger partial charge is 0.389 e. The summed E-state index contributed by atoms with van der Waals surface area (Å²) in [5.41, 5.74) is 0. The van der Waals surface area contributed by atoms with Crippen LogP contribution in [-0.2, 0) is 4.74 Å². The Morgan fingerprint density at radius 1 is 1.58 bits per heavy atom. The molecule has 7 heteroatoms. The molecule has 0 fully saturated rings. The molecule has 0 aromatic carbocycles.